The van der Waals surface area contributed by atoms with Gasteiger partial charge in [-0.2, -0.15) is 0 Å². The third kappa shape index (κ3) is 8.20. The van der Waals surface area contributed by atoms with Gasteiger partial charge < -0.3 is 25.4 Å². The second-order valence-electron chi connectivity index (χ2n) is 8.32. The summed E-state index contributed by atoms with van der Waals surface area (Å²) in [6.45, 7) is 6.11. The Morgan fingerprint density at radius 1 is 0.935 bits per heavy atom. The number of urea groups is 1. The van der Waals surface area contributed by atoms with Crippen LogP contribution >= 0.6 is 0 Å². The van der Waals surface area contributed by atoms with E-state index in [2.05, 4.69) is 16.0 Å². The van der Waals surface area contributed by atoms with Crippen LogP contribution in [-0.2, 0) is 17.6 Å². The summed E-state index contributed by atoms with van der Waals surface area (Å²) in [5.74, 6) is 1.08. The third-order valence-electron chi connectivity index (χ3n) is 4.55. The molecule has 0 saturated carbocycles. The predicted molar refractivity (Wildman–Crippen MR) is 122 cm³/mol. The van der Waals surface area contributed by atoms with Gasteiger partial charge in [-0.25, -0.2) is 4.79 Å². The number of hydrogen-bond acceptors (Lipinski definition) is 4. The van der Waals surface area contributed by atoms with Crippen molar-refractivity contribution in [1.29, 1.82) is 0 Å². The lowest BCUT2D eigenvalue weighted by Crippen LogP contribution is -2.54. The molecule has 0 heterocycles. The Kier molecular flexibility index (Phi) is 8.73. The van der Waals surface area contributed by atoms with Crippen LogP contribution in [0, 0.1) is 0 Å². The number of hydrogen-bond donors (Lipinski definition) is 3. The van der Waals surface area contributed by atoms with Gasteiger partial charge in [0.25, 0.3) is 0 Å². The maximum Gasteiger partial charge on any atom is 0.315 e. The molecule has 0 aliphatic heterocycles. The van der Waals surface area contributed by atoms with Crippen LogP contribution in [0.15, 0.2) is 48.5 Å². The molecule has 7 nitrogen and oxygen atoms in total. The monoisotopic (exact) mass is 427 g/mol. The summed E-state index contributed by atoms with van der Waals surface area (Å²) >= 11 is 0. The Morgan fingerprint density at radius 2 is 1.61 bits per heavy atom. The minimum Gasteiger partial charge on any atom is -0.493 e. The molecule has 3 amide bonds. The van der Waals surface area contributed by atoms with Gasteiger partial charge in [-0.3, -0.25) is 4.79 Å². The average molecular weight is 428 g/mol. The summed E-state index contributed by atoms with van der Waals surface area (Å²) < 4.78 is 10.6. The highest BCUT2D eigenvalue weighted by atomic mass is 16.5. The van der Waals surface area contributed by atoms with Crippen LogP contribution in [0.5, 0.6) is 11.5 Å². The molecule has 0 aromatic heterocycles. The molecule has 0 bridgehead atoms. The fraction of sp³-hybridized carbons (Fsp3) is 0.417. The zero-order valence-electron chi connectivity index (χ0n) is 19.0. The molecule has 0 aliphatic carbocycles. The van der Waals surface area contributed by atoms with Crippen molar-refractivity contribution in [1.82, 2.24) is 16.0 Å². The van der Waals surface area contributed by atoms with Gasteiger partial charge in [-0.15, -0.1) is 0 Å². The van der Waals surface area contributed by atoms with Crippen molar-refractivity contribution in [2.24, 2.45) is 0 Å². The highest BCUT2D eigenvalue weighted by molar-refractivity contribution is 5.87. The molecule has 2 rings (SSSR count). The number of amides is 3. The molecular formula is C24H33N3O4. The molecule has 0 spiro atoms. The van der Waals surface area contributed by atoms with Gasteiger partial charge in [0.1, 0.15) is 6.04 Å². The van der Waals surface area contributed by atoms with E-state index in [4.69, 9.17) is 9.47 Å². The molecule has 1 unspecified atom stereocenters. The van der Waals surface area contributed by atoms with Crippen LogP contribution in [-0.4, -0.2) is 44.3 Å². The van der Waals surface area contributed by atoms with Gasteiger partial charge in [-0.05, 0) is 50.5 Å². The number of carbonyl (C=O) groups is 2. The molecule has 1 atom stereocenters. The first-order valence-corrected chi connectivity index (χ1v) is 10.3. The van der Waals surface area contributed by atoms with Crippen LogP contribution < -0.4 is 25.4 Å². The summed E-state index contributed by atoms with van der Waals surface area (Å²) in [6, 6.07) is 14.2. The van der Waals surface area contributed by atoms with Gasteiger partial charge in [0, 0.05) is 18.5 Å². The van der Waals surface area contributed by atoms with Crippen molar-refractivity contribution in [2.75, 3.05) is 20.8 Å². The molecule has 168 valence electrons. The lowest BCUT2D eigenvalue weighted by Gasteiger charge is -2.24. The number of carbonyl (C=O) groups excluding carboxylic acids is 2. The topological polar surface area (TPSA) is 88.7 Å². The molecule has 0 fully saturated rings. The number of ether oxygens (including phenoxy) is 2. The van der Waals surface area contributed by atoms with E-state index >= 15 is 0 Å². The van der Waals surface area contributed by atoms with E-state index in [1.54, 1.807) is 14.2 Å². The molecular weight excluding hydrogens is 394 g/mol. The zero-order chi connectivity index (χ0) is 22.9. The molecule has 31 heavy (non-hydrogen) atoms. The summed E-state index contributed by atoms with van der Waals surface area (Å²) in [5.41, 5.74) is 1.58. The van der Waals surface area contributed by atoms with Crippen molar-refractivity contribution in [3.8, 4) is 11.5 Å². The van der Waals surface area contributed by atoms with Crippen molar-refractivity contribution in [3.63, 3.8) is 0 Å². The second kappa shape index (κ2) is 11.2. The smallest absolute Gasteiger partial charge is 0.315 e. The molecule has 2 aromatic rings. The van der Waals surface area contributed by atoms with Gasteiger partial charge in [-0.1, -0.05) is 36.4 Å². The molecule has 2 aromatic carbocycles. The molecule has 7 heteroatoms. The van der Waals surface area contributed by atoms with Crippen LogP contribution in [0.1, 0.15) is 31.9 Å². The normalized spacial score (nSPS) is 11.9. The maximum atomic E-state index is 12.9. The van der Waals surface area contributed by atoms with Gasteiger partial charge >= 0.3 is 6.03 Å². The Hall–Kier alpha value is -3.22. The van der Waals surface area contributed by atoms with Gasteiger partial charge in [0.15, 0.2) is 11.5 Å². The first-order valence-electron chi connectivity index (χ1n) is 10.3. The minimum atomic E-state index is -0.685. The minimum absolute atomic E-state index is 0.228. The van der Waals surface area contributed by atoms with E-state index in [1.165, 1.54) is 0 Å². The number of benzene rings is 2. The van der Waals surface area contributed by atoms with Crippen molar-refractivity contribution in [3.05, 3.63) is 59.7 Å². The summed E-state index contributed by atoms with van der Waals surface area (Å²) in [5, 5.41) is 8.58. The highest BCUT2D eigenvalue weighted by Gasteiger charge is 2.23. The van der Waals surface area contributed by atoms with E-state index in [1.807, 2.05) is 69.3 Å². The lowest BCUT2D eigenvalue weighted by atomic mass is 10.0. The Balaban J connectivity index is 2.00. The summed E-state index contributed by atoms with van der Waals surface area (Å²) in [4.78, 5) is 25.2. The van der Waals surface area contributed by atoms with Crippen molar-refractivity contribution >= 4 is 11.9 Å². The zero-order valence-corrected chi connectivity index (χ0v) is 19.0. The number of nitrogens with one attached hydrogen (secondary N) is 3. The highest BCUT2D eigenvalue weighted by Crippen LogP contribution is 2.27. The van der Waals surface area contributed by atoms with Gasteiger partial charge in [0.05, 0.1) is 14.2 Å². The fourth-order valence-electron chi connectivity index (χ4n) is 3.08. The predicted octanol–water partition coefficient (Wildman–Crippen LogP) is 3.07. The van der Waals surface area contributed by atoms with Gasteiger partial charge in [0.2, 0.25) is 5.91 Å². The Morgan fingerprint density at radius 3 is 2.23 bits per heavy atom. The molecule has 3 N–H and O–H groups in total. The van der Waals surface area contributed by atoms with E-state index in [0.717, 1.165) is 11.1 Å². The number of rotatable bonds is 9. The maximum absolute atomic E-state index is 12.9. The largest absolute Gasteiger partial charge is 0.493 e. The van der Waals surface area contributed by atoms with E-state index in [0.29, 0.717) is 30.9 Å². The summed E-state index contributed by atoms with van der Waals surface area (Å²) in [6.07, 6.45) is 1.03. The second-order valence-corrected chi connectivity index (χ2v) is 8.32. The van der Waals surface area contributed by atoms with Crippen molar-refractivity contribution in [2.45, 2.75) is 45.2 Å². The van der Waals surface area contributed by atoms with Crippen LogP contribution in [0.2, 0.25) is 0 Å². The first-order chi connectivity index (χ1) is 14.7. The molecule has 0 aliphatic rings. The standard InChI is InChI=1S/C24H33N3O4/c1-24(2,3)27-23(29)26-19(15-17-9-7-6-8-10-17)22(28)25-14-13-18-11-12-20(30-4)21(16-18)31-5/h6-12,16,19H,13-15H2,1-5H3,(H,25,28)(H2,26,27,29). The lowest BCUT2D eigenvalue weighted by molar-refractivity contribution is -0.122. The van der Waals surface area contributed by atoms with Crippen LogP contribution in [0.3, 0.4) is 0 Å². The average Bonchev–Trinajstić information content (AvgIpc) is 2.72. The Bertz CT molecular complexity index is 863. The Labute approximate surface area is 184 Å². The third-order valence-corrected chi connectivity index (χ3v) is 4.55. The number of methoxy groups -OCH3 is 2. The fourth-order valence-corrected chi connectivity index (χ4v) is 3.08. The van der Waals surface area contributed by atoms with Crippen molar-refractivity contribution < 1.29 is 19.1 Å². The van der Waals surface area contributed by atoms with E-state index in [9.17, 15) is 9.59 Å². The SMILES string of the molecule is COc1ccc(CCNC(=O)C(Cc2ccccc2)NC(=O)NC(C)(C)C)cc1OC. The van der Waals surface area contributed by atoms with E-state index in [-0.39, 0.29) is 11.9 Å². The quantitative estimate of drug-likeness (QED) is 0.574. The van der Waals surface area contributed by atoms with Crippen LogP contribution in [0.4, 0.5) is 4.79 Å². The van der Waals surface area contributed by atoms with E-state index < -0.39 is 11.6 Å². The molecule has 0 saturated heterocycles. The summed E-state index contributed by atoms with van der Waals surface area (Å²) in [7, 11) is 3.18. The van der Waals surface area contributed by atoms with Crippen LogP contribution in [0.25, 0.3) is 0 Å². The first kappa shape index (κ1) is 24.1. The molecule has 0 radical (unpaired) electrons.